The van der Waals surface area contributed by atoms with Crippen molar-refractivity contribution in [2.75, 3.05) is 13.1 Å². The Labute approximate surface area is 155 Å². The van der Waals surface area contributed by atoms with Crippen LogP contribution < -0.4 is 10.0 Å². The predicted molar refractivity (Wildman–Crippen MR) is 99.5 cm³/mol. The number of carbonyl (C=O) groups is 1. The normalized spacial score (nSPS) is 26.8. The Morgan fingerprint density at radius 1 is 1.08 bits per heavy atom. The summed E-state index contributed by atoms with van der Waals surface area (Å²) in [6, 6.07) is 7.37. The van der Waals surface area contributed by atoms with Gasteiger partial charge in [-0.3, -0.25) is 4.79 Å². The van der Waals surface area contributed by atoms with E-state index < -0.39 is 10.0 Å². The van der Waals surface area contributed by atoms with Gasteiger partial charge in [0.15, 0.2) is 0 Å². The Balaban J connectivity index is 1.50. The summed E-state index contributed by atoms with van der Waals surface area (Å²) >= 11 is 0. The molecule has 2 bridgehead atoms. The van der Waals surface area contributed by atoms with Crippen LogP contribution in [0.15, 0.2) is 29.2 Å². The molecule has 1 aromatic carbocycles. The monoisotopic (exact) mass is 377 g/mol. The lowest BCUT2D eigenvalue weighted by Crippen LogP contribution is -2.39. The largest absolute Gasteiger partial charge is 0.337 e. The molecule has 0 radical (unpaired) electrons. The minimum absolute atomic E-state index is 0.0200. The van der Waals surface area contributed by atoms with Gasteiger partial charge in [-0.25, -0.2) is 13.1 Å². The molecule has 142 valence electrons. The van der Waals surface area contributed by atoms with Gasteiger partial charge in [-0.2, -0.15) is 0 Å². The van der Waals surface area contributed by atoms with Crippen LogP contribution in [0.4, 0.5) is 0 Å². The minimum atomic E-state index is -3.58. The quantitative estimate of drug-likeness (QED) is 0.840. The van der Waals surface area contributed by atoms with Gasteiger partial charge in [0.25, 0.3) is 5.91 Å². The van der Waals surface area contributed by atoms with Crippen LogP contribution in [0.5, 0.6) is 0 Å². The van der Waals surface area contributed by atoms with Crippen LogP contribution in [0.25, 0.3) is 0 Å². The lowest BCUT2D eigenvalue weighted by atomic mass is 10.1. The van der Waals surface area contributed by atoms with Crippen molar-refractivity contribution in [1.82, 2.24) is 14.9 Å². The summed E-state index contributed by atoms with van der Waals surface area (Å²) in [6.45, 7) is 1.43. The van der Waals surface area contributed by atoms with Crippen molar-refractivity contribution >= 4 is 15.9 Å². The maximum atomic E-state index is 12.9. The molecule has 26 heavy (non-hydrogen) atoms. The van der Waals surface area contributed by atoms with Crippen molar-refractivity contribution in [2.45, 2.75) is 68.0 Å². The van der Waals surface area contributed by atoms with Crippen molar-refractivity contribution in [3.05, 3.63) is 29.8 Å². The van der Waals surface area contributed by atoms with Crippen LogP contribution in [0.1, 0.15) is 55.3 Å². The third-order valence-electron chi connectivity index (χ3n) is 5.88. The molecule has 3 aliphatic rings. The number of likely N-dealkylation sites (tertiary alicyclic amines) is 1. The third-order valence-corrected chi connectivity index (χ3v) is 7.40. The number of rotatable bonds is 4. The summed E-state index contributed by atoms with van der Waals surface area (Å²) in [6.07, 6.45) is 7.17. The van der Waals surface area contributed by atoms with E-state index in [2.05, 4.69) is 10.0 Å². The zero-order valence-electron chi connectivity index (χ0n) is 15.0. The fraction of sp³-hybridized carbons (Fsp3) is 0.632. The first-order valence-electron chi connectivity index (χ1n) is 9.69. The Hall–Kier alpha value is -1.44. The molecule has 0 aromatic heterocycles. The number of hydrogen-bond acceptors (Lipinski definition) is 4. The number of nitrogens with zero attached hydrogens (tertiary/aromatic N) is 1. The van der Waals surface area contributed by atoms with Gasteiger partial charge in [0.05, 0.1) is 4.90 Å². The molecule has 1 aromatic rings. The van der Waals surface area contributed by atoms with E-state index in [1.54, 1.807) is 18.2 Å². The SMILES string of the molecule is O=C(c1cccc(S(=O)(=O)NC2CCCC2)c1)N1CCC2CCC(C1)N2. The summed E-state index contributed by atoms with van der Waals surface area (Å²) in [5, 5.41) is 3.57. The maximum Gasteiger partial charge on any atom is 0.253 e. The molecule has 2 heterocycles. The van der Waals surface area contributed by atoms with Crippen LogP contribution in [-0.2, 0) is 10.0 Å². The molecule has 1 saturated carbocycles. The van der Waals surface area contributed by atoms with E-state index in [-0.39, 0.29) is 16.8 Å². The Bertz CT molecular complexity index is 774. The molecule has 0 spiro atoms. The predicted octanol–water partition coefficient (Wildman–Crippen LogP) is 1.87. The van der Waals surface area contributed by atoms with E-state index in [9.17, 15) is 13.2 Å². The second-order valence-corrected chi connectivity index (χ2v) is 9.52. The number of nitrogens with one attached hydrogen (secondary N) is 2. The van der Waals surface area contributed by atoms with E-state index in [0.717, 1.165) is 45.1 Å². The molecule has 7 heteroatoms. The van der Waals surface area contributed by atoms with Gasteiger partial charge in [0, 0.05) is 36.8 Å². The average molecular weight is 378 g/mol. The van der Waals surface area contributed by atoms with Gasteiger partial charge in [0.1, 0.15) is 0 Å². The molecule has 2 unspecified atom stereocenters. The number of benzene rings is 1. The van der Waals surface area contributed by atoms with Crippen LogP contribution >= 0.6 is 0 Å². The van der Waals surface area contributed by atoms with E-state index in [4.69, 9.17) is 0 Å². The molecular weight excluding hydrogens is 350 g/mol. The average Bonchev–Trinajstić information content (AvgIpc) is 3.23. The molecule has 1 aliphatic carbocycles. The molecular formula is C19H27N3O3S. The zero-order chi connectivity index (χ0) is 18.1. The van der Waals surface area contributed by atoms with Crippen molar-refractivity contribution in [3.63, 3.8) is 0 Å². The second-order valence-electron chi connectivity index (χ2n) is 7.81. The third kappa shape index (κ3) is 3.80. The van der Waals surface area contributed by atoms with Gasteiger partial charge < -0.3 is 10.2 Å². The molecule has 1 amide bonds. The fourth-order valence-corrected chi connectivity index (χ4v) is 5.79. The van der Waals surface area contributed by atoms with Crippen molar-refractivity contribution in [1.29, 1.82) is 0 Å². The minimum Gasteiger partial charge on any atom is -0.337 e. The van der Waals surface area contributed by atoms with Crippen molar-refractivity contribution in [3.8, 4) is 0 Å². The second kappa shape index (κ2) is 7.29. The number of sulfonamides is 1. The summed E-state index contributed by atoms with van der Waals surface area (Å²) < 4.78 is 28.1. The van der Waals surface area contributed by atoms with Crippen molar-refractivity contribution in [2.24, 2.45) is 0 Å². The van der Waals surface area contributed by atoms with Gasteiger partial charge >= 0.3 is 0 Å². The Morgan fingerprint density at radius 3 is 2.65 bits per heavy atom. The molecule has 3 fully saturated rings. The molecule has 6 nitrogen and oxygen atoms in total. The number of hydrogen-bond donors (Lipinski definition) is 2. The van der Waals surface area contributed by atoms with Gasteiger partial charge in [-0.05, 0) is 50.3 Å². The Kier molecular flexibility index (Phi) is 5.03. The molecule has 2 N–H and O–H groups in total. The number of amides is 1. The van der Waals surface area contributed by atoms with E-state index >= 15 is 0 Å². The highest BCUT2D eigenvalue weighted by atomic mass is 32.2. The van der Waals surface area contributed by atoms with Crippen LogP contribution in [-0.4, -0.2) is 50.4 Å². The first kappa shape index (κ1) is 17.9. The van der Waals surface area contributed by atoms with Crippen molar-refractivity contribution < 1.29 is 13.2 Å². The highest BCUT2D eigenvalue weighted by molar-refractivity contribution is 7.89. The van der Waals surface area contributed by atoms with Gasteiger partial charge in [-0.1, -0.05) is 18.9 Å². The smallest absolute Gasteiger partial charge is 0.253 e. The van der Waals surface area contributed by atoms with E-state index in [1.807, 2.05) is 4.90 Å². The summed E-state index contributed by atoms with van der Waals surface area (Å²) in [5.74, 6) is -0.0720. The molecule has 2 atom stereocenters. The molecule has 2 aliphatic heterocycles. The molecule has 4 rings (SSSR count). The first-order valence-corrected chi connectivity index (χ1v) is 11.2. The zero-order valence-corrected chi connectivity index (χ0v) is 15.8. The fourth-order valence-electron chi connectivity index (χ4n) is 4.44. The standard InChI is InChI=1S/C19H27N3O3S/c23-19(22-11-10-15-8-9-17(13-22)20-15)14-4-3-7-18(12-14)26(24,25)21-16-5-1-2-6-16/h3-4,7,12,15-17,20-21H,1-2,5-6,8-11,13H2. The number of carbonyl (C=O) groups excluding carboxylic acids is 1. The lowest BCUT2D eigenvalue weighted by molar-refractivity contribution is 0.0748. The molecule has 2 saturated heterocycles. The summed E-state index contributed by atoms with van der Waals surface area (Å²) in [5.41, 5.74) is 0.456. The Morgan fingerprint density at radius 2 is 1.85 bits per heavy atom. The van der Waals surface area contributed by atoms with E-state index in [0.29, 0.717) is 24.2 Å². The highest BCUT2D eigenvalue weighted by Crippen LogP contribution is 2.23. The number of fused-ring (bicyclic) bond motifs is 2. The van der Waals surface area contributed by atoms with Gasteiger partial charge in [0.2, 0.25) is 10.0 Å². The first-order chi connectivity index (χ1) is 12.5. The van der Waals surface area contributed by atoms with Crippen LogP contribution in [0.2, 0.25) is 0 Å². The summed E-state index contributed by atoms with van der Waals surface area (Å²) in [4.78, 5) is 15.0. The summed E-state index contributed by atoms with van der Waals surface area (Å²) in [7, 11) is -3.58. The highest BCUT2D eigenvalue weighted by Gasteiger charge is 2.32. The van der Waals surface area contributed by atoms with Crippen LogP contribution in [0, 0.1) is 0 Å². The lowest BCUT2D eigenvalue weighted by Gasteiger charge is -2.24. The van der Waals surface area contributed by atoms with Crippen LogP contribution in [0.3, 0.4) is 0 Å². The van der Waals surface area contributed by atoms with Gasteiger partial charge in [-0.15, -0.1) is 0 Å². The topological polar surface area (TPSA) is 78.5 Å². The maximum absolute atomic E-state index is 12.9. The van der Waals surface area contributed by atoms with E-state index in [1.165, 1.54) is 12.5 Å².